The van der Waals surface area contributed by atoms with E-state index >= 15 is 0 Å². The number of benzene rings is 1. The highest BCUT2D eigenvalue weighted by molar-refractivity contribution is 5.94. The van der Waals surface area contributed by atoms with Crippen molar-refractivity contribution in [3.8, 4) is 6.07 Å². The minimum atomic E-state index is -1.17. The molecule has 2 amide bonds. The lowest BCUT2D eigenvalue weighted by molar-refractivity contribution is -0.144. The number of amides is 2. The standard InChI is InChI=1S/C14H15N3O3/c15-9-10-4-3-5-11(8-10)16-13(20)17-14(12(18)19)6-1-2-7-14/h3-5,8H,1-2,6-7H2,(H,18,19)(H2,16,17,20). The van der Waals surface area contributed by atoms with E-state index in [1.807, 2.05) is 6.07 Å². The second kappa shape index (κ2) is 5.61. The summed E-state index contributed by atoms with van der Waals surface area (Å²) in [6.07, 6.45) is 2.45. The molecule has 3 N–H and O–H groups in total. The first-order chi connectivity index (χ1) is 9.55. The first-order valence-corrected chi connectivity index (χ1v) is 6.38. The van der Waals surface area contributed by atoms with Gasteiger partial charge in [-0.3, -0.25) is 0 Å². The van der Waals surface area contributed by atoms with Gasteiger partial charge in [0.2, 0.25) is 0 Å². The minimum Gasteiger partial charge on any atom is -0.480 e. The van der Waals surface area contributed by atoms with Crippen molar-refractivity contribution in [2.45, 2.75) is 31.2 Å². The number of carbonyl (C=O) groups excluding carboxylic acids is 1. The third-order valence-corrected chi connectivity index (χ3v) is 3.47. The maximum absolute atomic E-state index is 11.9. The third-order valence-electron chi connectivity index (χ3n) is 3.47. The maximum Gasteiger partial charge on any atom is 0.329 e. The second-order valence-electron chi connectivity index (χ2n) is 4.87. The summed E-state index contributed by atoms with van der Waals surface area (Å²) in [6, 6.07) is 7.85. The van der Waals surface area contributed by atoms with Crippen LogP contribution in [0.25, 0.3) is 0 Å². The Morgan fingerprint density at radius 2 is 2.00 bits per heavy atom. The van der Waals surface area contributed by atoms with Gasteiger partial charge in [-0.1, -0.05) is 18.9 Å². The van der Waals surface area contributed by atoms with Gasteiger partial charge >= 0.3 is 12.0 Å². The lowest BCUT2D eigenvalue weighted by atomic mass is 9.98. The van der Waals surface area contributed by atoms with Crippen LogP contribution in [0.4, 0.5) is 10.5 Å². The smallest absolute Gasteiger partial charge is 0.329 e. The van der Waals surface area contributed by atoms with Crippen molar-refractivity contribution in [2.75, 3.05) is 5.32 Å². The molecule has 1 aromatic rings. The molecule has 0 aromatic heterocycles. The molecule has 0 bridgehead atoms. The molecule has 104 valence electrons. The van der Waals surface area contributed by atoms with Crippen LogP contribution in [-0.2, 0) is 4.79 Å². The van der Waals surface area contributed by atoms with E-state index in [1.165, 1.54) is 6.07 Å². The van der Waals surface area contributed by atoms with Crippen LogP contribution < -0.4 is 10.6 Å². The topological polar surface area (TPSA) is 102 Å². The molecule has 1 aliphatic rings. The molecule has 1 saturated carbocycles. The largest absolute Gasteiger partial charge is 0.480 e. The molecule has 0 unspecified atom stereocenters. The number of urea groups is 1. The second-order valence-corrected chi connectivity index (χ2v) is 4.87. The first kappa shape index (κ1) is 13.9. The Kier molecular flexibility index (Phi) is 3.89. The number of nitriles is 1. The van der Waals surface area contributed by atoms with Gasteiger partial charge in [-0.15, -0.1) is 0 Å². The predicted octanol–water partition coefficient (Wildman–Crippen LogP) is 2.08. The number of nitrogens with zero attached hydrogens (tertiary/aromatic N) is 1. The number of anilines is 1. The maximum atomic E-state index is 11.9. The summed E-state index contributed by atoms with van der Waals surface area (Å²) in [5.74, 6) is -1.00. The number of rotatable bonds is 3. The number of carboxylic acid groups (broad SMARTS) is 1. The lowest BCUT2D eigenvalue weighted by Gasteiger charge is -2.25. The van der Waals surface area contributed by atoms with Gasteiger partial charge < -0.3 is 15.7 Å². The molecule has 0 spiro atoms. The monoisotopic (exact) mass is 273 g/mol. The van der Waals surface area contributed by atoms with Gasteiger partial charge in [0, 0.05) is 5.69 Å². The third kappa shape index (κ3) is 2.88. The van der Waals surface area contributed by atoms with E-state index in [2.05, 4.69) is 10.6 Å². The number of nitrogens with one attached hydrogen (secondary N) is 2. The minimum absolute atomic E-state index is 0.427. The van der Waals surface area contributed by atoms with E-state index < -0.39 is 17.5 Å². The van der Waals surface area contributed by atoms with Crippen LogP contribution in [0.2, 0.25) is 0 Å². The molecule has 0 aliphatic heterocycles. The highest BCUT2D eigenvalue weighted by Crippen LogP contribution is 2.30. The molecule has 1 fully saturated rings. The Balaban J connectivity index is 2.05. The van der Waals surface area contributed by atoms with Crippen molar-refractivity contribution in [1.82, 2.24) is 5.32 Å². The normalized spacial score (nSPS) is 16.1. The van der Waals surface area contributed by atoms with E-state index in [4.69, 9.17) is 5.26 Å². The number of hydrogen-bond donors (Lipinski definition) is 3. The zero-order valence-electron chi connectivity index (χ0n) is 10.8. The van der Waals surface area contributed by atoms with Gasteiger partial charge in [0.05, 0.1) is 11.6 Å². The van der Waals surface area contributed by atoms with Crippen LogP contribution in [0.15, 0.2) is 24.3 Å². The van der Waals surface area contributed by atoms with Crippen LogP contribution in [0.5, 0.6) is 0 Å². The van der Waals surface area contributed by atoms with Gasteiger partial charge in [0.25, 0.3) is 0 Å². The fourth-order valence-electron chi connectivity index (χ4n) is 2.42. The van der Waals surface area contributed by atoms with Gasteiger partial charge in [-0.05, 0) is 31.0 Å². The molecule has 0 saturated heterocycles. The number of carbonyl (C=O) groups is 2. The van der Waals surface area contributed by atoms with E-state index in [9.17, 15) is 14.7 Å². The summed E-state index contributed by atoms with van der Waals surface area (Å²) in [6.45, 7) is 0. The van der Waals surface area contributed by atoms with Crippen LogP contribution in [0.1, 0.15) is 31.2 Å². The Labute approximate surface area is 116 Å². The summed E-state index contributed by atoms with van der Waals surface area (Å²) in [5, 5.41) is 23.2. The molecule has 20 heavy (non-hydrogen) atoms. The van der Waals surface area contributed by atoms with E-state index in [-0.39, 0.29) is 0 Å². The van der Waals surface area contributed by atoms with Crippen molar-refractivity contribution >= 4 is 17.7 Å². The average Bonchev–Trinajstić information content (AvgIpc) is 2.88. The van der Waals surface area contributed by atoms with Crippen molar-refractivity contribution < 1.29 is 14.7 Å². The van der Waals surface area contributed by atoms with Gasteiger partial charge in [-0.25, -0.2) is 9.59 Å². The average molecular weight is 273 g/mol. The van der Waals surface area contributed by atoms with Gasteiger partial charge in [-0.2, -0.15) is 5.26 Å². The fourth-order valence-corrected chi connectivity index (χ4v) is 2.42. The van der Waals surface area contributed by atoms with E-state index in [0.717, 1.165) is 12.8 Å². The van der Waals surface area contributed by atoms with Crippen molar-refractivity contribution in [2.24, 2.45) is 0 Å². The molecule has 0 heterocycles. The quantitative estimate of drug-likeness (QED) is 0.784. The summed E-state index contributed by atoms with van der Waals surface area (Å²) in [7, 11) is 0. The van der Waals surface area contributed by atoms with E-state index in [0.29, 0.717) is 24.1 Å². The molecular weight excluding hydrogens is 258 g/mol. The van der Waals surface area contributed by atoms with Crippen molar-refractivity contribution in [1.29, 1.82) is 5.26 Å². The summed E-state index contributed by atoms with van der Waals surface area (Å²) in [5.41, 5.74) is -0.284. The molecule has 0 atom stereocenters. The van der Waals surface area contributed by atoms with Gasteiger partial charge in [0.15, 0.2) is 0 Å². The number of hydrogen-bond acceptors (Lipinski definition) is 3. The lowest BCUT2D eigenvalue weighted by Crippen LogP contribution is -2.53. The zero-order valence-corrected chi connectivity index (χ0v) is 10.8. The Bertz CT molecular complexity index is 571. The van der Waals surface area contributed by atoms with E-state index in [1.54, 1.807) is 18.2 Å². The highest BCUT2D eigenvalue weighted by Gasteiger charge is 2.42. The summed E-state index contributed by atoms with van der Waals surface area (Å²) < 4.78 is 0. The van der Waals surface area contributed by atoms with Crippen LogP contribution in [-0.4, -0.2) is 22.6 Å². The molecule has 1 aromatic carbocycles. The molecule has 1 aliphatic carbocycles. The van der Waals surface area contributed by atoms with Crippen LogP contribution in [0.3, 0.4) is 0 Å². The Morgan fingerprint density at radius 1 is 1.30 bits per heavy atom. The predicted molar refractivity (Wildman–Crippen MR) is 72.1 cm³/mol. The summed E-state index contributed by atoms with van der Waals surface area (Å²) in [4.78, 5) is 23.2. The van der Waals surface area contributed by atoms with Gasteiger partial charge in [0.1, 0.15) is 5.54 Å². The zero-order chi connectivity index (χ0) is 14.6. The number of aliphatic carboxylic acids is 1. The first-order valence-electron chi connectivity index (χ1n) is 6.38. The van der Waals surface area contributed by atoms with Crippen LogP contribution >= 0.6 is 0 Å². The molecule has 2 rings (SSSR count). The molecule has 6 nitrogen and oxygen atoms in total. The molecule has 0 radical (unpaired) electrons. The summed E-state index contributed by atoms with van der Waals surface area (Å²) >= 11 is 0. The van der Waals surface area contributed by atoms with Crippen molar-refractivity contribution in [3.05, 3.63) is 29.8 Å². The Morgan fingerprint density at radius 3 is 2.60 bits per heavy atom. The number of carboxylic acids is 1. The fraction of sp³-hybridized carbons (Fsp3) is 0.357. The molecular formula is C14H15N3O3. The van der Waals surface area contributed by atoms with Crippen molar-refractivity contribution in [3.63, 3.8) is 0 Å². The Hall–Kier alpha value is -2.55. The highest BCUT2D eigenvalue weighted by atomic mass is 16.4. The van der Waals surface area contributed by atoms with Crippen LogP contribution in [0, 0.1) is 11.3 Å². The molecule has 6 heteroatoms. The SMILES string of the molecule is N#Cc1cccc(NC(=O)NC2(C(=O)O)CCCC2)c1.